The van der Waals surface area contributed by atoms with Crippen molar-refractivity contribution in [3.05, 3.63) is 117 Å². The van der Waals surface area contributed by atoms with Crippen LogP contribution in [-0.4, -0.2) is 0 Å². The largest absolute Gasteiger partial charge is 0.0991 e. The predicted molar refractivity (Wildman–Crippen MR) is 146 cm³/mol. The zero-order valence-corrected chi connectivity index (χ0v) is 20.9. The summed E-state index contributed by atoms with van der Waals surface area (Å²) in [5, 5.41) is 2.42. The molecule has 0 radical (unpaired) electrons. The topological polar surface area (TPSA) is 0 Å². The van der Waals surface area contributed by atoms with E-state index in [2.05, 4.69) is 81.4 Å². The van der Waals surface area contributed by atoms with Gasteiger partial charge in [-0.05, 0) is 111 Å². The molecule has 1 heterocycles. The van der Waals surface area contributed by atoms with Gasteiger partial charge in [0.25, 0.3) is 0 Å². The van der Waals surface area contributed by atoms with Crippen molar-refractivity contribution in [3.63, 3.8) is 0 Å². The molecule has 0 N–H and O–H groups in total. The normalized spacial score (nSPS) is 28.0. The summed E-state index contributed by atoms with van der Waals surface area (Å²) >= 11 is 1.91. The van der Waals surface area contributed by atoms with Gasteiger partial charge in [-0.15, -0.1) is 0 Å². The maximum Gasteiger partial charge on any atom is 0.0154 e. The Morgan fingerprint density at radius 3 is 2.66 bits per heavy atom. The van der Waals surface area contributed by atoms with Gasteiger partial charge in [-0.2, -0.15) is 0 Å². The number of rotatable bonds is 5. The number of hydrogen-bond acceptors (Lipinski definition) is 1. The summed E-state index contributed by atoms with van der Waals surface area (Å²) < 4.78 is 0. The van der Waals surface area contributed by atoms with Crippen molar-refractivity contribution in [1.82, 2.24) is 0 Å². The summed E-state index contributed by atoms with van der Waals surface area (Å²) in [5.74, 6) is 0. The van der Waals surface area contributed by atoms with Crippen molar-refractivity contribution in [2.24, 2.45) is 0 Å². The fourth-order valence-corrected chi connectivity index (χ4v) is 5.42. The fraction of sp³-hybridized carbons (Fsp3) is 0.355. The zero-order chi connectivity index (χ0) is 22.8. The second-order valence-electron chi connectivity index (χ2n) is 8.81. The molecule has 0 saturated heterocycles. The van der Waals surface area contributed by atoms with Crippen molar-refractivity contribution in [3.8, 4) is 0 Å². The fourth-order valence-electron chi connectivity index (χ4n) is 4.45. The molecule has 1 aliphatic heterocycles. The summed E-state index contributed by atoms with van der Waals surface area (Å²) in [6, 6.07) is 0. The van der Waals surface area contributed by atoms with Crippen LogP contribution in [0.2, 0.25) is 0 Å². The molecule has 0 bridgehead atoms. The summed E-state index contributed by atoms with van der Waals surface area (Å²) in [4.78, 5) is 1.38. The smallest absolute Gasteiger partial charge is 0.0154 e. The SMILES string of the molecule is C=C\C=C/C(=C\C)C1=C(/C)CCCC(/C=C2\CCCC=C2C)=C/S/C(C2=CC=CCC2)=C\1. The number of hydrogen-bond donors (Lipinski definition) is 0. The van der Waals surface area contributed by atoms with Crippen LogP contribution in [0.5, 0.6) is 0 Å². The van der Waals surface area contributed by atoms with Crippen molar-refractivity contribution in [1.29, 1.82) is 0 Å². The lowest BCUT2D eigenvalue weighted by molar-refractivity contribution is 0.789. The van der Waals surface area contributed by atoms with Gasteiger partial charge in [-0.25, -0.2) is 0 Å². The van der Waals surface area contributed by atoms with Gasteiger partial charge in [0.15, 0.2) is 0 Å². The van der Waals surface area contributed by atoms with E-state index < -0.39 is 0 Å². The minimum absolute atomic E-state index is 1.11. The van der Waals surface area contributed by atoms with E-state index in [1.165, 1.54) is 69.6 Å². The molecule has 3 rings (SSSR count). The third kappa shape index (κ3) is 6.87. The van der Waals surface area contributed by atoms with E-state index in [-0.39, 0.29) is 0 Å². The van der Waals surface area contributed by atoms with Gasteiger partial charge in [0.2, 0.25) is 0 Å². The van der Waals surface area contributed by atoms with Crippen LogP contribution < -0.4 is 0 Å². The molecule has 0 aromatic rings. The molecule has 0 aromatic carbocycles. The van der Waals surface area contributed by atoms with E-state index in [1.54, 1.807) is 0 Å². The summed E-state index contributed by atoms with van der Waals surface area (Å²) in [5.41, 5.74) is 10.0. The maximum atomic E-state index is 3.86. The highest BCUT2D eigenvalue weighted by Gasteiger charge is 2.14. The van der Waals surface area contributed by atoms with Crippen LogP contribution in [0.25, 0.3) is 0 Å². The van der Waals surface area contributed by atoms with Gasteiger partial charge in [0.05, 0.1) is 0 Å². The molecule has 0 aromatic heterocycles. The lowest BCUT2D eigenvalue weighted by Gasteiger charge is -2.19. The first kappa shape index (κ1) is 24.4. The maximum absolute atomic E-state index is 3.86. The molecule has 0 amide bonds. The Balaban J connectivity index is 2.03. The second kappa shape index (κ2) is 12.7. The molecular weight excluding hydrogens is 404 g/mol. The second-order valence-corrected chi connectivity index (χ2v) is 9.72. The van der Waals surface area contributed by atoms with Gasteiger partial charge in [-0.3, -0.25) is 0 Å². The monoisotopic (exact) mass is 442 g/mol. The van der Waals surface area contributed by atoms with Crippen LogP contribution in [-0.2, 0) is 0 Å². The first-order valence-electron chi connectivity index (χ1n) is 12.1. The molecule has 3 aliphatic rings. The Morgan fingerprint density at radius 2 is 1.94 bits per heavy atom. The molecule has 1 heteroatoms. The third-order valence-electron chi connectivity index (χ3n) is 6.42. The van der Waals surface area contributed by atoms with E-state index in [9.17, 15) is 0 Å². The van der Waals surface area contributed by atoms with Crippen LogP contribution >= 0.6 is 11.8 Å². The molecule has 0 saturated carbocycles. The zero-order valence-electron chi connectivity index (χ0n) is 20.1. The number of allylic oxidation sites excluding steroid dienone is 17. The van der Waals surface area contributed by atoms with Crippen molar-refractivity contribution in [2.45, 2.75) is 72.1 Å². The Morgan fingerprint density at radius 1 is 1.06 bits per heavy atom. The van der Waals surface area contributed by atoms with Crippen LogP contribution in [0.15, 0.2) is 117 Å². The standard InChI is InChI=1S/C31H38S/c1-5-7-17-27(6-2)30-22-31(28-18-9-8-10-19-28)32-23-26(16-13-15-25(30)4)21-29-20-12-11-14-24(29)3/h5-9,14,17-18,21-23H,1,10-13,15-16,19-20H2,2-4H3/b17-7-,26-23-,27-6+,29-21+,30-25-,31-22-. The van der Waals surface area contributed by atoms with Gasteiger partial charge < -0.3 is 0 Å². The molecular formula is C31H38S. The Labute approximate surface area is 200 Å². The Bertz CT molecular complexity index is 979. The molecule has 0 atom stereocenters. The van der Waals surface area contributed by atoms with Crippen LogP contribution in [0, 0.1) is 0 Å². The van der Waals surface area contributed by atoms with Gasteiger partial charge >= 0.3 is 0 Å². The highest BCUT2D eigenvalue weighted by molar-refractivity contribution is 8.06. The molecule has 168 valence electrons. The van der Waals surface area contributed by atoms with E-state index in [0.29, 0.717) is 0 Å². The molecule has 0 unspecified atom stereocenters. The van der Waals surface area contributed by atoms with E-state index in [1.807, 2.05) is 23.9 Å². The van der Waals surface area contributed by atoms with E-state index >= 15 is 0 Å². The molecule has 0 fully saturated rings. The Kier molecular flexibility index (Phi) is 9.68. The summed E-state index contributed by atoms with van der Waals surface area (Å²) in [6.07, 6.45) is 31.8. The highest BCUT2D eigenvalue weighted by Crippen LogP contribution is 2.37. The van der Waals surface area contributed by atoms with E-state index in [0.717, 1.165) is 25.7 Å². The number of thioether (sulfide) groups is 1. The average Bonchev–Trinajstić information content (AvgIpc) is 2.82. The summed E-state index contributed by atoms with van der Waals surface area (Å²) in [7, 11) is 0. The van der Waals surface area contributed by atoms with Crippen LogP contribution in [0.4, 0.5) is 0 Å². The quantitative estimate of drug-likeness (QED) is 0.382. The lowest BCUT2D eigenvalue weighted by atomic mass is 9.91. The molecule has 0 spiro atoms. The van der Waals surface area contributed by atoms with Crippen molar-refractivity contribution in [2.75, 3.05) is 0 Å². The molecule has 2 aliphatic carbocycles. The lowest BCUT2D eigenvalue weighted by Crippen LogP contribution is -1.98. The first-order valence-corrected chi connectivity index (χ1v) is 13.0. The van der Waals surface area contributed by atoms with Gasteiger partial charge in [-0.1, -0.05) is 84.2 Å². The highest BCUT2D eigenvalue weighted by atomic mass is 32.2. The molecule has 0 nitrogen and oxygen atoms in total. The first-order chi connectivity index (χ1) is 15.6. The minimum atomic E-state index is 1.11. The van der Waals surface area contributed by atoms with Crippen LogP contribution in [0.1, 0.15) is 72.1 Å². The van der Waals surface area contributed by atoms with E-state index in [4.69, 9.17) is 0 Å². The third-order valence-corrected chi connectivity index (χ3v) is 7.48. The van der Waals surface area contributed by atoms with Crippen molar-refractivity contribution >= 4 is 11.8 Å². The van der Waals surface area contributed by atoms with Gasteiger partial charge in [0, 0.05) is 4.91 Å². The van der Waals surface area contributed by atoms with Crippen molar-refractivity contribution < 1.29 is 0 Å². The summed E-state index contributed by atoms with van der Waals surface area (Å²) in [6.45, 7) is 10.6. The predicted octanol–water partition coefficient (Wildman–Crippen LogP) is 10.0. The average molecular weight is 443 g/mol. The van der Waals surface area contributed by atoms with Gasteiger partial charge in [0.1, 0.15) is 0 Å². The van der Waals surface area contributed by atoms with Crippen LogP contribution in [0.3, 0.4) is 0 Å². The molecule has 32 heavy (non-hydrogen) atoms. The Hall–Kier alpha value is -2.25. The minimum Gasteiger partial charge on any atom is -0.0991 e.